The monoisotopic (exact) mass is 225 g/mol. The van der Waals surface area contributed by atoms with E-state index in [1.54, 1.807) is 11.9 Å². The van der Waals surface area contributed by atoms with Crippen LogP contribution in [0.15, 0.2) is 6.33 Å². The fourth-order valence-electron chi connectivity index (χ4n) is 1.31. The van der Waals surface area contributed by atoms with Crippen LogP contribution in [0.25, 0.3) is 0 Å². The highest BCUT2D eigenvalue weighted by molar-refractivity contribution is 5.75. The van der Waals surface area contributed by atoms with Crippen molar-refractivity contribution in [2.24, 2.45) is 5.92 Å². The van der Waals surface area contributed by atoms with Gasteiger partial charge in [0.05, 0.1) is 0 Å². The molecule has 1 amide bonds. The third kappa shape index (κ3) is 2.95. The topological polar surface area (TPSA) is 77.0 Å². The first-order valence-electron chi connectivity index (χ1n) is 5.32. The number of carbonyl (C=O) groups is 1. The Balaban J connectivity index is 2.58. The predicted molar refractivity (Wildman–Crippen MR) is 61.5 cm³/mol. The summed E-state index contributed by atoms with van der Waals surface area (Å²) in [5.74, 6) is 0.619. The molecule has 90 valence electrons. The van der Waals surface area contributed by atoms with E-state index < -0.39 is 0 Å². The van der Waals surface area contributed by atoms with Crippen molar-refractivity contribution in [3.05, 3.63) is 6.33 Å². The average molecular weight is 225 g/mol. The van der Waals surface area contributed by atoms with Gasteiger partial charge in [-0.05, 0) is 12.8 Å². The summed E-state index contributed by atoms with van der Waals surface area (Å²) in [5.41, 5.74) is 5.37. The summed E-state index contributed by atoms with van der Waals surface area (Å²) in [6.07, 6.45) is 1.46. The minimum Gasteiger partial charge on any atom is -0.367 e. The minimum absolute atomic E-state index is 0.00565. The van der Waals surface area contributed by atoms with Crippen LogP contribution in [0.1, 0.15) is 20.8 Å². The Morgan fingerprint density at radius 2 is 2.19 bits per heavy atom. The Morgan fingerprint density at radius 1 is 1.56 bits per heavy atom. The molecular formula is C10H19N5O. The molecule has 1 rings (SSSR count). The van der Waals surface area contributed by atoms with Gasteiger partial charge < -0.3 is 10.6 Å². The molecule has 0 aliphatic rings. The highest BCUT2D eigenvalue weighted by Gasteiger charge is 2.18. The summed E-state index contributed by atoms with van der Waals surface area (Å²) < 4.78 is 1.45. The van der Waals surface area contributed by atoms with Gasteiger partial charge in [0.1, 0.15) is 12.9 Å². The molecule has 0 fully saturated rings. The number of likely N-dealkylation sites (N-methyl/N-ethyl adjacent to an activating group) is 1. The van der Waals surface area contributed by atoms with Crippen LogP contribution < -0.4 is 5.73 Å². The van der Waals surface area contributed by atoms with E-state index in [0.717, 1.165) is 0 Å². The minimum atomic E-state index is 0.00565. The quantitative estimate of drug-likeness (QED) is 0.802. The SMILES string of the molecule is CC(C)C(C)N(C)C(=O)Cn1cnc(N)n1. The van der Waals surface area contributed by atoms with Crippen molar-refractivity contribution in [2.45, 2.75) is 33.4 Å². The largest absolute Gasteiger partial charge is 0.367 e. The van der Waals surface area contributed by atoms with Crippen molar-refractivity contribution in [2.75, 3.05) is 12.8 Å². The lowest BCUT2D eigenvalue weighted by Gasteiger charge is -2.27. The number of hydrogen-bond donors (Lipinski definition) is 1. The van der Waals surface area contributed by atoms with Crippen molar-refractivity contribution in [1.82, 2.24) is 19.7 Å². The van der Waals surface area contributed by atoms with Gasteiger partial charge in [0, 0.05) is 13.1 Å². The van der Waals surface area contributed by atoms with Crippen molar-refractivity contribution in [3.8, 4) is 0 Å². The lowest BCUT2D eigenvalue weighted by molar-refractivity contribution is -0.133. The molecule has 6 heteroatoms. The van der Waals surface area contributed by atoms with Gasteiger partial charge in [0.2, 0.25) is 11.9 Å². The molecule has 0 radical (unpaired) electrons. The molecule has 1 aromatic heterocycles. The second kappa shape index (κ2) is 4.96. The third-order valence-electron chi connectivity index (χ3n) is 2.82. The number of nitrogens with zero attached hydrogens (tertiary/aromatic N) is 4. The summed E-state index contributed by atoms with van der Waals surface area (Å²) in [4.78, 5) is 17.4. The first kappa shape index (κ1) is 12.5. The van der Waals surface area contributed by atoms with Gasteiger partial charge in [0.25, 0.3) is 0 Å². The smallest absolute Gasteiger partial charge is 0.244 e. The zero-order valence-electron chi connectivity index (χ0n) is 10.2. The fourth-order valence-corrected chi connectivity index (χ4v) is 1.31. The summed E-state index contributed by atoms with van der Waals surface area (Å²) in [6.45, 7) is 6.37. The molecule has 16 heavy (non-hydrogen) atoms. The first-order valence-corrected chi connectivity index (χ1v) is 5.32. The molecule has 0 saturated carbocycles. The number of carbonyl (C=O) groups excluding carboxylic acids is 1. The van der Waals surface area contributed by atoms with Crippen LogP contribution >= 0.6 is 0 Å². The first-order chi connectivity index (χ1) is 7.41. The van der Waals surface area contributed by atoms with Crippen molar-refractivity contribution in [3.63, 3.8) is 0 Å². The summed E-state index contributed by atoms with van der Waals surface area (Å²) in [7, 11) is 1.80. The summed E-state index contributed by atoms with van der Waals surface area (Å²) in [6, 6.07) is 0.202. The number of hydrogen-bond acceptors (Lipinski definition) is 4. The maximum Gasteiger partial charge on any atom is 0.244 e. The fraction of sp³-hybridized carbons (Fsp3) is 0.700. The number of nitrogens with two attached hydrogens (primary N) is 1. The van der Waals surface area contributed by atoms with Crippen LogP contribution in [0.5, 0.6) is 0 Å². The highest BCUT2D eigenvalue weighted by atomic mass is 16.2. The van der Waals surface area contributed by atoms with E-state index in [9.17, 15) is 4.79 Å². The van der Waals surface area contributed by atoms with Gasteiger partial charge in [-0.3, -0.25) is 4.79 Å². The van der Waals surface area contributed by atoms with E-state index in [4.69, 9.17) is 5.73 Å². The average Bonchev–Trinajstić information content (AvgIpc) is 2.61. The Hall–Kier alpha value is -1.59. The molecule has 1 atom stereocenters. The number of nitrogen functional groups attached to an aromatic ring is 1. The Kier molecular flexibility index (Phi) is 3.87. The number of aromatic nitrogens is 3. The third-order valence-corrected chi connectivity index (χ3v) is 2.82. The van der Waals surface area contributed by atoms with Gasteiger partial charge in [-0.1, -0.05) is 13.8 Å². The van der Waals surface area contributed by atoms with Crippen molar-refractivity contribution < 1.29 is 4.79 Å². The maximum absolute atomic E-state index is 11.9. The van der Waals surface area contributed by atoms with Gasteiger partial charge in [-0.25, -0.2) is 9.67 Å². The molecule has 6 nitrogen and oxygen atoms in total. The normalized spacial score (nSPS) is 12.8. The molecule has 1 heterocycles. The molecule has 0 aliphatic heterocycles. The number of rotatable bonds is 4. The van der Waals surface area contributed by atoms with E-state index in [2.05, 4.69) is 23.9 Å². The molecule has 1 aromatic rings. The van der Waals surface area contributed by atoms with Gasteiger partial charge >= 0.3 is 0 Å². The van der Waals surface area contributed by atoms with Crippen LogP contribution in [0.4, 0.5) is 5.95 Å². The van der Waals surface area contributed by atoms with Crippen LogP contribution in [-0.2, 0) is 11.3 Å². The van der Waals surface area contributed by atoms with Crippen LogP contribution in [-0.4, -0.2) is 38.7 Å². The lowest BCUT2D eigenvalue weighted by Crippen LogP contribution is -2.40. The maximum atomic E-state index is 11.9. The zero-order valence-corrected chi connectivity index (χ0v) is 10.2. The Labute approximate surface area is 95.4 Å². The highest BCUT2D eigenvalue weighted by Crippen LogP contribution is 2.08. The lowest BCUT2D eigenvalue weighted by atomic mass is 10.1. The Morgan fingerprint density at radius 3 is 2.62 bits per heavy atom. The summed E-state index contributed by atoms with van der Waals surface area (Å²) in [5, 5.41) is 3.87. The van der Waals surface area contributed by atoms with Gasteiger partial charge in [-0.15, -0.1) is 5.10 Å². The van der Waals surface area contributed by atoms with Crippen LogP contribution in [0.3, 0.4) is 0 Å². The molecule has 0 aliphatic carbocycles. The van der Waals surface area contributed by atoms with E-state index in [1.165, 1.54) is 11.0 Å². The molecule has 0 spiro atoms. The second-order valence-electron chi connectivity index (χ2n) is 4.29. The number of anilines is 1. The van der Waals surface area contributed by atoms with Gasteiger partial charge in [-0.2, -0.15) is 0 Å². The second-order valence-corrected chi connectivity index (χ2v) is 4.29. The summed E-state index contributed by atoms with van der Waals surface area (Å²) >= 11 is 0. The van der Waals surface area contributed by atoms with E-state index in [-0.39, 0.29) is 24.4 Å². The van der Waals surface area contributed by atoms with E-state index >= 15 is 0 Å². The van der Waals surface area contributed by atoms with Crippen LogP contribution in [0.2, 0.25) is 0 Å². The zero-order chi connectivity index (χ0) is 12.3. The van der Waals surface area contributed by atoms with Crippen molar-refractivity contribution in [1.29, 1.82) is 0 Å². The Bertz CT molecular complexity index is 360. The standard InChI is InChI=1S/C10H19N5O/c1-7(2)8(3)14(4)9(16)5-15-6-12-10(11)13-15/h6-8H,5H2,1-4H3,(H2,11,13). The molecule has 0 bridgehead atoms. The number of amides is 1. The molecule has 0 aromatic carbocycles. The van der Waals surface area contributed by atoms with Crippen LogP contribution in [0, 0.1) is 5.92 Å². The van der Waals surface area contributed by atoms with E-state index in [0.29, 0.717) is 5.92 Å². The van der Waals surface area contributed by atoms with Crippen molar-refractivity contribution >= 4 is 11.9 Å². The van der Waals surface area contributed by atoms with Gasteiger partial charge in [0.15, 0.2) is 0 Å². The predicted octanol–water partition coefficient (Wildman–Crippen LogP) is 0.363. The molecular weight excluding hydrogens is 206 g/mol. The molecule has 1 unspecified atom stereocenters. The molecule has 0 saturated heterocycles. The molecule has 2 N–H and O–H groups in total. The van der Waals surface area contributed by atoms with E-state index in [1.807, 2.05) is 6.92 Å².